The number of Topliss-reactive ketones (excluding diaryl/α,β-unsaturated/α-hetero) is 1. The fourth-order valence-electron chi connectivity index (χ4n) is 2.44. The first-order valence-corrected chi connectivity index (χ1v) is 6.46. The first-order valence-electron chi connectivity index (χ1n) is 6.46. The molecule has 20 heavy (non-hydrogen) atoms. The number of rotatable bonds is 4. The predicted octanol–water partition coefficient (Wildman–Crippen LogP) is 1.56. The Morgan fingerprint density at radius 1 is 1.40 bits per heavy atom. The Morgan fingerprint density at radius 2 is 1.95 bits per heavy atom. The molecular weight excluding hydrogens is 258 g/mol. The van der Waals surface area contributed by atoms with Crippen LogP contribution in [0, 0.1) is 6.57 Å². The van der Waals surface area contributed by atoms with Crippen molar-refractivity contribution in [1.82, 2.24) is 0 Å². The number of aliphatic carboxylic acids is 1. The number of hydrogen-bond acceptors (Lipinski definition) is 4. The van der Waals surface area contributed by atoms with E-state index in [0.717, 1.165) is 6.20 Å². The molecule has 0 aromatic heterocycles. The Kier molecular flexibility index (Phi) is 5.03. The normalized spacial score (nSPS) is 27.8. The van der Waals surface area contributed by atoms with Crippen LogP contribution in [0.25, 0.3) is 4.85 Å². The molecule has 1 saturated carbocycles. The third-order valence-corrected chi connectivity index (χ3v) is 3.81. The lowest BCUT2D eigenvalue weighted by atomic mass is 9.77. The van der Waals surface area contributed by atoms with Crippen LogP contribution in [0.1, 0.15) is 39.5 Å². The molecule has 0 spiro atoms. The molecule has 6 heteroatoms. The summed E-state index contributed by atoms with van der Waals surface area (Å²) in [5.74, 6) is -1.21. The van der Waals surface area contributed by atoms with Gasteiger partial charge in [0.05, 0.1) is 11.6 Å². The van der Waals surface area contributed by atoms with Gasteiger partial charge in [-0.2, -0.15) is 0 Å². The van der Waals surface area contributed by atoms with Crippen molar-refractivity contribution in [2.24, 2.45) is 10.7 Å². The molecule has 0 atom stereocenters. The van der Waals surface area contributed by atoms with Gasteiger partial charge >= 0.3 is 5.97 Å². The van der Waals surface area contributed by atoms with Crippen LogP contribution in [-0.2, 0) is 9.59 Å². The Bertz CT molecular complexity index is 506. The van der Waals surface area contributed by atoms with Gasteiger partial charge in [-0.05, 0) is 19.8 Å². The molecule has 0 aliphatic heterocycles. The minimum Gasteiger partial charge on any atom is -0.478 e. The Labute approximate surface area is 118 Å². The van der Waals surface area contributed by atoms with Crippen LogP contribution in [0.15, 0.2) is 16.8 Å². The molecule has 1 fully saturated rings. The van der Waals surface area contributed by atoms with Crippen LogP contribution in [0.5, 0.6) is 0 Å². The van der Waals surface area contributed by atoms with E-state index in [0.29, 0.717) is 31.4 Å². The van der Waals surface area contributed by atoms with Crippen LogP contribution >= 0.6 is 0 Å². The molecule has 0 aromatic carbocycles. The molecule has 0 aromatic rings. The van der Waals surface area contributed by atoms with Crippen molar-refractivity contribution < 1.29 is 14.7 Å². The first-order chi connectivity index (χ1) is 9.36. The maximum absolute atomic E-state index is 11.6. The molecule has 0 radical (unpaired) electrons. The summed E-state index contributed by atoms with van der Waals surface area (Å²) in [4.78, 5) is 30.4. The topological polar surface area (TPSA) is 97.1 Å². The maximum atomic E-state index is 11.6. The summed E-state index contributed by atoms with van der Waals surface area (Å²) in [7, 11) is 0. The van der Waals surface area contributed by atoms with E-state index in [1.165, 1.54) is 6.92 Å². The van der Waals surface area contributed by atoms with Crippen LogP contribution in [0.2, 0.25) is 0 Å². The average molecular weight is 277 g/mol. The molecule has 1 aliphatic rings. The van der Waals surface area contributed by atoms with E-state index < -0.39 is 11.5 Å². The van der Waals surface area contributed by atoms with E-state index >= 15 is 0 Å². The SMILES string of the molecule is [C-]#[N+]C1(C(C)=O)CCC(N=C(C)C(=CN)C(=O)O)CC1. The molecule has 108 valence electrons. The second-order valence-corrected chi connectivity index (χ2v) is 5.03. The summed E-state index contributed by atoms with van der Waals surface area (Å²) in [5, 5.41) is 8.95. The van der Waals surface area contributed by atoms with Crippen molar-refractivity contribution in [1.29, 1.82) is 0 Å². The van der Waals surface area contributed by atoms with E-state index in [9.17, 15) is 9.59 Å². The highest BCUT2D eigenvalue weighted by atomic mass is 16.4. The fraction of sp³-hybridized carbons (Fsp3) is 0.571. The van der Waals surface area contributed by atoms with Gasteiger partial charge in [-0.25, -0.2) is 11.4 Å². The number of ketones is 1. The zero-order valence-corrected chi connectivity index (χ0v) is 11.7. The summed E-state index contributed by atoms with van der Waals surface area (Å²) in [6.45, 7) is 10.3. The van der Waals surface area contributed by atoms with Crippen molar-refractivity contribution in [2.45, 2.75) is 51.1 Å². The van der Waals surface area contributed by atoms with E-state index in [-0.39, 0.29) is 17.4 Å². The molecule has 3 N–H and O–H groups in total. The Hall–Kier alpha value is -2.16. The van der Waals surface area contributed by atoms with Gasteiger partial charge in [-0.1, -0.05) is 0 Å². The van der Waals surface area contributed by atoms with E-state index in [1.54, 1.807) is 6.92 Å². The van der Waals surface area contributed by atoms with Crippen LogP contribution in [0.4, 0.5) is 0 Å². The standard InChI is InChI=1S/C14H19N3O3/c1-9(12(8-15)13(19)20)17-11-4-6-14(16-3,7-5-11)10(2)18/h8,11H,4-7,15H2,1-2H3,(H,19,20). The third kappa shape index (κ3) is 3.23. The maximum Gasteiger partial charge on any atom is 0.339 e. The van der Waals surface area contributed by atoms with Gasteiger partial charge in [0, 0.05) is 31.7 Å². The van der Waals surface area contributed by atoms with E-state index in [1.807, 2.05) is 0 Å². The van der Waals surface area contributed by atoms with Crippen LogP contribution < -0.4 is 5.73 Å². The minimum atomic E-state index is -1.11. The highest BCUT2D eigenvalue weighted by Gasteiger charge is 2.45. The molecule has 1 rings (SSSR count). The van der Waals surface area contributed by atoms with Crippen molar-refractivity contribution in [3.63, 3.8) is 0 Å². The fourth-order valence-corrected chi connectivity index (χ4v) is 2.44. The number of nitrogens with two attached hydrogens (primary N) is 1. The number of carboxylic acids is 1. The van der Waals surface area contributed by atoms with Gasteiger partial charge in [0.15, 0.2) is 0 Å². The predicted molar refractivity (Wildman–Crippen MR) is 75.3 cm³/mol. The summed E-state index contributed by atoms with van der Waals surface area (Å²) < 4.78 is 0. The van der Waals surface area contributed by atoms with Crippen molar-refractivity contribution in [3.8, 4) is 0 Å². The van der Waals surface area contributed by atoms with E-state index in [2.05, 4.69) is 9.84 Å². The van der Waals surface area contributed by atoms with Gasteiger partial charge in [0.25, 0.3) is 5.54 Å². The summed E-state index contributed by atoms with van der Waals surface area (Å²) in [5.41, 5.74) is 4.74. The summed E-state index contributed by atoms with van der Waals surface area (Å²) in [6, 6.07) is -0.0569. The summed E-state index contributed by atoms with van der Waals surface area (Å²) >= 11 is 0. The number of carbonyl (C=O) groups is 2. The number of nitrogens with zero attached hydrogens (tertiary/aromatic N) is 2. The Balaban J connectivity index is 2.79. The lowest BCUT2D eigenvalue weighted by molar-refractivity contribution is -0.132. The molecule has 0 unspecified atom stereocenters. The van der Waals surface area contributed by atoms with Gasteiger partial charge in [0.1, 0.15) is 0 Å². The first kappa shape index (κ1) is 15.9. The molecule has 0 bridgehead atoms. The smallest absolute Gasteiger partial charge is 0.339 e. The lowest BCUT2D eigenvalue weighted by Gasteiger charge is -2.27. The monoisotopic (exact) mass is 277 g/mol. The molecular formula is C14H19N3O3. The van der Waals surface area contributed by atoms with Gasteiger partial charge in [0.2, 0.25) is 5.78 Å². The zero-order chi connectivity index (χ0) is 15.3. The van der Waals surface area contributed by atoms with Crippen molar-refractivity contribution >= 4 is 17.5 Å². The number of aliphatic imine (C=N–C) groups is 1. The van der Waals surface area contributed by atoms with E-state index in [4.69, 9.17) is 17.4 Å². The molecule has 0 heterocycles. The molecule has 0 saturated heterocycles. The highest BCUT2D eigenvalue weighted by Crippen LogP contribution is 2.34. The molecule has 0 amide bonds. The second-order valence-electron chi connectivity index (χ2n) is 5.03. The highest BCUT2D eigenvalue weighted by molar-refractivity contribution is 6.18. The number of hydrogen-bond donors (Lipinski definition) is 2. The summed E-state index contributed by atoms with van der Waals surface area (Å²) in [6.07, 6.45) is 3.20. The zero-order valence-electron chi connectivity index (χ0n) is 11.7. The van der Waals surface area contributed by atoms with Gasteiger partial charge in [-0.15, -0.1) is 0 Å². The quantitative estimate of drug-likeness (QED) is 0.463. The van der Waals surface area contributed by atoms with Gasteiger partial charge in [-0.3, -0.25) is 9.79 Å². The van der Waals surface area contributed by atoms with Gasteiger partial charge < -0.3 is 15.7 Å². The van der Waals surface area contributed by atoms with Crippen molar-refractivity contribution in [2.75, 3.05) is 0 Å². The van der Waals surface area contributed by atoms with Crippen LogP contribution in [0.3, 0.4) is 0 Å². The second kappa shape index (κ2) is 6.33. The average Bonchev–Trinajstić information content (AvgIpc) is 2.39. The van der Waals surface area contributed by atoms with Crippen molar-refractivity contribution in [3.05, 3.63) is 23.2 Å². The minimum absolute atomic E-state index is 0.0152. The van der Waals surface area contributed by atoms with Crippen LogP contribution in [-0.4, -0.2) is 34.2 Å². The third-order valence-electron chi connectivity index (χ3n) is 3.81. The lowest BCUT2D eigenvalue weighted by Crippen LogP contribution is -2.38. The number of carboxylic acid groups (broad SMARTS) is 1. The largest absolute Gasteiger partial charge is 0.478 e. The number of carbonyl (C=O) groups excluding carboxylic acids is 1. The molecule has 6 nitrogen and oxygen atoms in total. The molecule has 1 aliphatic carbocycles. The Morgan fingerprint density at radius 3 is 2.30 bits per heavy atom.